The van der Waals surface area contributed by atoms with Gasteiger partial charge in [0.25, 0.3) is 11.6 Å². The molecule has 41 heavy (non-hydrogen) atoms. The third kappa shape index (κ3) is 8.01. The van der Waals surface area contributed by atoms with Crippen molar-refractivity contribution in [1.29, 1.82) is 0 Å². The van der Waals surface area contributed by atoms with Crippen molar-refractivity contribution in [2.45, 2.75) is 83.7 Å². The Hall–Kier alpha value is -3.10. The van der Waals surface area contributed by atoms with Crippen LogP contribution in [0.3, 0.4) is 0 Å². The zero-order chi connectivity index (χ0) is 30.8. The van der Waals surface area contributed by atoms with E-state index in [1.54, 1.807) is 53.7 Å². The SMILES string of the molecule is CO[C@@]1(NC(=O)Cc2ccc(CNC(=O)OC(C)(C)C)s2)C(=O)N2C(C(=O)OC(C)(C)C)=C(COC(C)=O)CS[C@@H]21. The first-order valence-electron chi connectivity index (χ1n) is 12.9. The summed E-state index contributed by atoms with van der Waals surface area (Å²) in [6.45, 7) is 11.7. The maximum absolute atomic E-state index is 13.5. The minimum atomic E-state index is -1.69. The second-order valence-electron chi connectivity index (χ2n) is 11.5. The molecule has 0 spiro atoms. The summed E-state index contributed by atoms with van der Waals surface area (Å²) in [5.74, 6) is -2.11. The van der Waals surface area contributed by atoms with Crippen molar-refractivity contribution in [2.24, 2.45) is 0 Å². The molecule has 1 saturated heterocycles. The van der Waals surface area contributed by atoms with E-state index in [0.29, 0.717) is 10.5 Å². The van der Waals surface area contributed by atoms with Gasteiger partial charge in [0.05, 0.1) is 13.0 Å². The lowest BCUT2D eigenvalue weighted by Crippen LogP contribution is -2.80. The Morgan fingerprint density at radius 2 is 1.68 bits per heavy atom. The predicted molar refractivity (Wildman–Crippen MR) is 152 cm³/mol. The van der Waals surface area contributed by atoms with E-state index in [1.807, 2.05) is 0 Å². The van der Waals surface area contributed by atoms with Gasteiger partial charge in [-0.1, -0.05) is 0 Å². The summed E-state index contributed by atoms with van der Waals surface area (Å²) in [6.07, 6.45) is -0.569. The van der Waals surface area contributed by atoms with Crippen molar-refractivity contribution in [1.82, 2.24) is 15.5 Å². The van der Waals surface area contributed by atoms with Crippen molar-refractivity contribution >= 4 is 52.9 Å². The van der Waals surface area contributed by atoms with Gasteiger partial charge in [-0.05, 0) is 53.7 Å². The van der Waals surface area contributed by atoms with E-state index in [1.165, 1.54) is 42.0 Å². The number of carbonyl (C=O) groups is 5. The molecule has 0 aromatic carbocycles. The number of rotatable bonds is 9. The van der Waals surface area contributed by atoms with Crippen LogP contribution in [-0.2, 0) is 51.1 Å². The molecule has 0 radical (unpaired) electrons. The fraction of sp³-hybridized carbons (Fsp3) is 0.593. The average Bonchev–Trinajstić information content (AvgIpc) is 3.28. The number of hydrogen-bond acceptors (Lipinski definition) is 11. The summed E-state index contributed by atoms with van der Waals surface area (Å²) >= 11 is 2.61. The average molecular weight is 612 g/mol. The number of methoxy groups -OCH3 is 1. The van der Waals surface area contributed by atoms with Crippen molar-refractivity contribution in [2.75, 3.05) is 19.5 Å². The van der Waals surface area contributed by atoms with Crippen molar-refractivity contribution in [3.8, 4) is 0 Å². The topological polar surface area (TPSA) is 150 Å². The molecule has 3 heterocycles. The van der Waals surface area contributed by atoms with E-state index in [9.17, 15) is 24.0 Å². The minimum Gasteiger partial charge on any atom is -0.461 e. The fourth-order valence-corrected chi connectivity index (χ4v) is 6.43. The van der Waals surface area contributed by atoms with Gasteiger partial charge in [-0.3, -0.25) is 19.3 Å². The van der Waals surface area contributed by atoms with Gasteiger partial charge in [0.1, 0.15) is 28.9 Å². The molecule has 0 bridgehead atoms. The molecule has 226 valence electrons. The Morgan fingerprint density at radius 3 is 2.27 bits per heavy atom. The van der Waals surface area contributed by atoms with Gasteiger partial charge in [-0.15, -0.1) is 23.1 Å². The summed E-state index contributed by atoms with van der Waals surface area (Å²) < 4.78 is 21.5. The van der Waals surface area contributed by atoms with Crippen molar-refractivity contribution in [3.05, 3.63) is 33.2 Å². The van der Waals surface area contributed by atoms with Crippen molar-refractivity contribution in [3.63, 3.8) is 0 Å². The number of β-lactam (4-membered cyclic amide) rings is 1. The minimum absolute atomic E-state index is 0.0164. The number of esters is 2. The van der Waals surface area contributed by atoms with Gasteiger partial charge in [-0.2, -0.15) is 0 Å². The molecule has 1 aromatic heterocycles. The van der Waals surface area contributed by atoms with Gasteiger partial charge >= 0.3 is 18.0 Å². The number of thioether (sulfide) groups is 1. The number of thiophene rings is 1. The van der Waals surface area contributed by atoms with Crippen LogP contribution >= 0.6 is 23.1 Å². The highest BCUT2D eigenvalue weighted by Gasteiger charge is 2.66. The van der Waals surface area contributed by atoms with E-state index in [4.69, 9.17) is 18.9 Å². The first-order chi connectivity index (χ1) is 19.0. The van der Waals surface area contributed by atoms with E-state index in [2.05, 4.69) is 10.6 Å². The summed E-state index contributed by atoms with van der Waals surface area (Å²) in [5.41, 5.74) is -2.73. The Balaban J connectivity index is 1.71. The Morgan fingerprint density at radius 1 is 1.05 bits per heavy atom. The number of alkyl carbamates (subject to hydrolysis) is 1. The van der Waals surface area contributed by atoms with Crippen LogP contribution in [0.5, 0.6) is 0 Å². The summed E-state index contributed by atoms with van der Waals surface area (Å²) in [5, 5.41) is 4.65. The lowest BCUT2D eigenvalue weighted by atomic mass is 9.97. The molecule has 1 fully saturated rings. The monoisotopic (exact) mass is 611 g/mol. The Kier molecular flexibility index (Phi) is 9.81. The van der Waals surface area contributed by atoms with E-state index >= 15 is 0 Å². The van der Waals surface area contributed by atoms with Crippen LogP contribution in [0.2, 0.25) is 0 Å². The van der Waals surface area contributed by atoms with Gasteiger partial charge in [-0.25, -0.2) is 9.59 Å². The molecule has 12 nitrogen and oxygen atoms in total. The number of fused-ring (bicyclic) bond motifs is 1. The molecule has 2 aliphatic rings. The summed E-state index contributed by atoms with van der Waals surface area (Å²) in [6, 6.07) is 3.57. The van der Waals surface area contributed by atoms with Crippen LogP contribution < -0.4 is 10.6 Å². The number of nitrogens with one attached hydrogen (secondary N) is 2. The second kappa shape index (κ2) is 12.4. The van der Waals surface area contributed by atoms with E-state index < -0.39 is 52.1 Å². The first kappa shape index (κ1) is 32.4. The zero-order valence-corrected chi connectivity index (χ0v) is 26.1. The lowest BCUT2D eigenvalue weighted by molar-refractivity contribution is -0.194. The van der Waals surface area contributed by atoms with Crippen LogP contribution in [0.4, 0.5) is 4.79 Å². The maximum atomic E-state index is 13.5. The lowest BCUT2D eigenvalue weighted by Gasteiger charge is -2.56. The third-order valence-electron chi connectivity index (χ3n) is 5.66. The maximum Gasteiger partial charge on any atom is 0.407 e. The molecule has 3 rings (SSSR count). The number of ether oxygens (including phenoxy) is 4. The van der Waals surface area contributed by atoms with Crippen LogP contribution in [0, 0.1) is 0 Å². The number of amides is 3. The fourth-order valence-electron chi connectivity index (χ4n) is 4.05. The zero-order valence-electron chi connectivity index (χ0n) is 24.5. The quantitative estimate of drug-likeness (QED) is 0.185. The largest absolute Gasteiger partial charge is 0.461 e. The highest BCUT2D eigenvalue weighted by atomic mass is 32.2. The smallest absolute Gasteiger partial charge is 0.407 e. The molecule has 0 unspecified atom stereocenters. The molecule has 14 heteroatoms. The number of hydrogen-bond donors (Lipinski definition) is 2. The van der Waals surface area contributed by atoms with Crippen LogP contribution in [0.15, 0.2) is 23.4 Å². The standard InChI is InChI=1S/C27H37N3O9S2/c1-15(31)37-13-16-14-40-23-27(36-8,22(34)30(23)20(16)21(33)38-25(2,3)4)29-19(32)11-17-9-10-18(41-17)12-28-24(35)39-26(5,6)7/h9-10,23H,11-14H2,1-8H3,(H,28,35)(H,29,32)/t23-,27+/m1/s1. The van der Waals surface area contributed by atoms with Crippen LogP contribution in [-0.4, -0.2) is 76.5 Å². The Labute approximate surface area is 247 Å². The molecular formula is C27H37N3O9S2. The molecule has 3 amide bonds. The highest BCUT2D eigenvalue weighted by Crippen LogP contribution is 2.47. The third-order valence-corrected chi connectivity index (χ3v) is 8.12. The van der Waals surface area contributed by atoms with Crippen LogP contribution in [0.1, 0.15) is 58.2 Å². The van der Waals surface area contributed by atoms with Gasteiger partial charge in [0.2, 0.25) is 5.91 Å². The molecule has 1 aromatic rings. The number of carbonyl (C=O) groups excluding carboxylic acids is 5. The van der Waals surface area contributed by atoms with E-state index in [-0.39, 0.29) is 31.0 Å². The highest BCUT2D eigenvalue weighted by molar-refractivity contribution is 8.00. The first-order valence-corrected chi connectivity index (χ1v) is 14.8. The molecule has 0 saturated carbocycles. The van der Waals surface area contributed by atoms with Gasteiger partial charge in [0, 0.05) is 35.1 Å². The molecule has 0 aliphatic carbocycles. The second-order valence-corrected chi connectivity index (χ2v) is 13.8. The van der Waals surface area contributed by atoms with Crippen molar-refractivity contribution < 1.29 is 42.9 Å². The predicted octanol–water partition coefficient (Wildman–Crippen LogP) is 2.85. The van der Waals surface area contributed by atoms with Crippen LogP contribution in [0.25, 0.3) is 0 Å². The molecule has 2 aliphatic heterocycles. The number of nitrogens with zero attached hydrogens (tertiary/aromatic N) is 1. The molecule has 2 atom stereocenters. The van der Waals surface area contributed by atoms with E-state index in [0.717, 1.165) is 4.88 Å². The van der Waals surface area contributed by atoms with Gasteiger partial charge in [0.15, 0.2) is 0 Å². The Bertz CT molecular complexity index is 1250. The summed E-state index contributed by atoms with van der Waals surface area (Å²) in [4.78, 5) is 65.8. The molecular weight excluding hydrogens is 574 g/mol. The van der Waals surface area contributed by atoms with Gasteiger partial charge < -0.3 is 29.6 Å². The summed E-state index contributed by atoms with van der Waals surface area (Å²) in [7, 11) is 1.31. The normalized spacial score (nSPS) is 20.5. The molecule has 2 N–H and O–H groups in total.